The molecule has 130 valence electrons. The SMILES string of the molecule is O=C(O)CSCCNC(=O)COc1cccc(N2CCCC2=O)c1. The number of anilines is 1. The Morgan fingerprint density at radius 2 is 2.21 bits per heavy atom. The number of carbonyl (C=O) groups is 3. The Labute approximate surface area is 144 Å². The standard InChI is InChI=1S/C16H20N2O5S/c19-14(17-6-8-24-11-16(21)22)10-23-13-4-1-3-12(9-13)18-7-2-5-15(18)20/h1,3-4,9H,2,5-8,10-11H2,(H,17,19)(H,21,22). The van der Waals surface area contributed by atoms with Crippen LogP contribution in [0.25, 0.3) is 0 Å². The average Bonchev–Trinajstić information content (AvgIpc) is 2.99. The van der Waals surface area contributed by atoms with Gasteiger partial charge in [0.1, 0.15) is 5.75 Å². The zero-order chi connectivity index (χ0) is 17.4. The predicted molar refractivity (Wildman–Crippen MR) is 91.5 cm³/mol. The zero-order valence-corrected chi connectivity index (χ0v) is 14.0. The molecule has 0 radical (unpaired) electrons. The van der Waals surface area contributed by atoms with Gasteiger partial charge in [0.2, 0.25) is 5.91 Å². The number of nitrogens with zero attached hydrogens (tertiary/aromatic N) is 1. The lowest BCUT2D eigenvalue weighted by atomic mass is 10.3. The number of carboxylic acid groups (broad SMARTS) is 1. The van der Waals surface area contributed by atoms with Crippen LogP contribution in [0.3, 0.4) is 0 Å². The van der Waals surface area contributed by atoms with Gasteiger partial charge in [-0.1, -0.05) is 6.07 Å². The van der Waals surface area contributed by atoms with Crippen LogP contribution in [0.2, 0.25) is 0 Å². The summed E-state index contributed by atoms with van der Waals surface area (Å²) in [6.45, 7) is 0.972. The van der Waals surface area contributed by atoms with Crippen molar-refractivity contribution >= 4 is 35.2 Å². The van der Waals surface area contributed by atoms with Crippen molar-refractivity contribution in [1.82, 2.24) is 5.32 Å². The minimum absolute atomic E-state index is 0.0222. The van der Waals surface area contributed by atoms with Crippen LogP contribution >= 0.6 is 11.8 Å². The van der Waals surface area contributed by atoms with Crippen molar-refractivity contribution in [1.29, 1.82) is 0 Å². The first-order valence-electron chi connectivity index (χ1n) is 7.66. The highest BCUT2D eigenvalue weighted by Crippen LogP contribution is 2.25. The number of nitrogens with one attached hydrogen (secondary N) is 1. The molecule has 2 rings (SSSR count). The molecule has 1 aliphatic heterocycles. The second-order valence-corrected chi connectivity index (χ2v) is 6.34. The van der Waals surface area contributed by atoms with E-state index in [1.807, 2.05) is 6.07 Å². The van der Waals surface area contributed by atoms with Gasteiger partial charge in [0.05, 0.1) is 5.75 Å². The van der Waals surface area contributed by atoms with Gasteiger partial charge in [-0.2, -0.15) is 0 Å². The number of benzene rings is 1. The smallest absolute Gasteiger partial charge is 0.313 e. The first-order chi connectivity index (χ1) is 11.6. The van der Waals surface area contributed by atoms with Gasteiger partial charge < -0.3 is 20.1 Å². The van der Waals surface area contributed by atoms with Gasteiger partial charge in [-0.15, -0.1) is 11.8 Å². The molecule has 1 fully saturated rings. The molecule has 1 aliphatic rings. The molecule has 1 saturated heterocycles. The molecule has 2 amide bonds. The lowest BCUT2D eigenvalue weighted by Gasteiger charge is -2.16. The fourth-order valence-corrected chi connectivity index (χ4v) is 2.85. The molecule has 0 unspecified atom stereocenters. The molecular weight excluding hydrogens is 332 g/mol. The maximum atomic E-state index is 11.7. The Morgan fingerprint density at radius 3 is 2.92 bits per heavy atom. The van der Waals surface area contributed by atoms with Gasteiger partial charge in [0.15, 0.2) is 6.61 Å². The van der Waals surface area contributed by atoms with Crippen LogP contribution in [0.15, 0.2) is 24.3 Å². The Kier molecular flexibility index (Phi) is 6.92. The largest absolute Gasteiger partial charge is 0.484 e. The van der Waals surface area contributed by atoms with E-state index in [9.17, 15) is 14.4 Å². The van der Waals surface area contributed by atoms with Crippen LogP contribution in [0.1, 0.15) is 12.8 Å². The highest BCUT2D eigenvalue weighted by molar-refractivity contribution is 7.99. The summed E-state index contributed by atoms with van der Waals surface area (Å²) in [4.78, 5) is 35.5. The molecule has 0 bridgehead atoms. The molecule has 0 atom stereocenters. The third-order valence-corrected chi connectivity index (χ3v) is 4.31. The molecule has 2 N–H and O–H groups in total. The normalized spacial score (nSPS) is 13.8. The van der Waals surface area contributed by atoms with Crippen molar-refractivity contribution in [2.45, 2.75) is 12.8 Å². The summed E-state index contributed by atoms with van der Waals surface area (Å²) < 4.78 is 5.45. The molecular formula is C16H20N2O5S. The number of ether oxygens (including phenoxy) is 1. The zero-order valence-electron chi connectivity index (χ0n) is 13.2. The van der Waals surface area contributed by atoms with E-state index in [4.69, 9.17) is 9.84 Å². The molecule has 8 heteroatoms. The van der Waals surface area contributed by atoms with Crippen molar-refractivity contribution in [2.75, 3.05) is 36.1 Å². The molecule has 7 nitrogen and oxygen atoms in total. The van der Waals surface area contributed by atoms with Gasteiger partial charge >= 0.3 is 5.97 Å². The van der Waals surface area contributed by atoms with Crippen LogP contribution in [-0.2, 0) is 14.4 Å². The van der Waals surface area contributed by atoms with E-state index >= 15 is 0 Å². The summed E-state index contributed by atoms with van der Waals surface area (Å²) in [5.74, 6) is 0.0462. The number of hydrogen-bond donors (Lipinski definition) is 2. The van der Waals surface area contributed by atoms with Gasteiger partial charge in [0.25, 0.3) is 5.91 Å². The molecule has 0 saturated carbocycles. The summed E-state index contributed by atoms with van der Waals surface area (Å²) >= 11 is 1.24. The van der Waals surface area contributed by atoms with Crippen molar-refractivity contribution in [3.63, 3.8) is 0 Å². The van der Waals surface area contributed by atoms with E-state index in [1.54, 1.807) is 23.1 Å². The summed E-state index contributed by atoms with van der Waals surface area (Å²) in [5, 5.41) is 11.2. The first kappa shape index (κ1) is 18.1. The summed E-state index contributed by atoms with van der Waals surface area (Å²) in [6.07, 6.45) is 1.42. The van der Waals surface area contributed by atoms with E-state index in [-0.39, 0.29) is 24.2 Å². The lowest BCUT2D eigenvalue weighted by molar-refractivity contribution is -0.134. The number of thioether (sulfide) groups is 1. The van der Waals surface area contributed by atoms with Gasteiger partial charge in [0, 0.05) is 37.0 Å². The molecule has 1 aromatic rings. The highest BCUT2D eigenvalue weighted by Gasteiger charge is 2.21. The molecule has 0 aromatic heterocycles. The van der Waals surface area contributed by atoms with Crippen LogP contribution in [-0.4, -0.2) is 54.1 Å². The van der Waals surface area contributed by atoms with Crippen LogP contribution in [0.5, 0.6) is 5.75 Å². The topological polar surface area (TPSA) is 95.9 Å². The first-order valence-corrected chi connectivity index (χ1v) is 8.81. The average molecular weight is 352 g/mol. The Morgan fingerprint density at radius 1 is 1.38 bits per heavy atom. The third kappa shape index (κ3) is 5.77. The highest BCUT2D eigenvalue weighted by atomic mass is 32.2. The van der Waals surface area contributed by atoms with Crippen LogP contribution in [0.4, 0.5) is 5.69 Å². The second-order valence-electron chi connectivity index (χ2n) is 5.23. The Bertz CT molecular complexity index is 608. The summed E-state index contributed by atoms with van der Waals surface area (Å²) in [7, 11) is 0. The Balaban J connectivity index is 1.72. The van der Waals surface area contributed by atoms with Crippen LogP contribution < -0.4 is 15.0 Å². The second kappa shape index (κ2) is 9.17. The van der Waals surface area contributed by atoms with E-state index < -0.39 is 5.97 Å². The van der Waals surface area contributed by atoms with Crippen molar-refractivity contribution in [3.05, 3.63) is 24.3 Å². The van der Waals surface area contributed by atoms with Gasteiger partial charge in [-0.25, -0.2) is 0 Å². The quantitative estimate of drug-likeness (QED) is 0.647. The molecule has 24 heavy (non-hydrogen) atoms. The fourth-order valence-electron chi connectivity index (χ4n) is 2.28. The van der Waals surface area contributed by atoms with Crippen molar-refractivity contribution in [2.24, 2.45) is 0 Å². The number of carbonyl (C=O) groups excluding carboxylic acids is 2. The van der Waals surface area contributed by atoms with E-state index in [0.29, 0.717) is 31.0 Å². The van der Waals surface area contributed by atoms with E-state index in [0.717, 1.165) is 12.1 Å². The number of rotatable bonds is 9. The fraction of sp³-hybridized carbons (Fsp3) is 0.438. The minimum Gasteiger partial charge on any atom is -0.484 e. The maximum absolute atomic E-state index is 11.7. The number of hydrogen-bond acceptors (Lipinski definition) is 5. The third-order valence-electron chi connectivity index (χ3n) is 3.37. The summed E-state index contributed by atoms with van der Waals surface area (Å²) in [6, 6.07) is 7.12. The molecule has 1 aromatic carbocycles. The predicted octanol–water partition coefficient (Wildman–Crippen LogP) is 1.13. The van der Waals surface area contributed by atoms with Crippen molar-refractivity contribution < 1.29 is 24.2 Å². The van der Waals surface area contributed by atoms with E-state index in [1.165, 1.54) is 11.8 Å². The van der Waals surface area contributed by atoms with Crippen molar-refractivity contribution in [3.8, 4) is 5.75 Å². The van der Waals surface area contributed by atoms with Gasteiger partial charge in [-0.05, 0) is 18.6 Å². The number of amides is 2. The maximum Gasteiger partial charge on any atom is 0.313 e. The Hall–Kier alpha value is -2.22. The van der Waals surface area contributed by atoms with Gasteiger partial charge in [-0.3, -0.25) is 14.4 Å². The lowest BCUT2D eigenvalue weighted by Crippen LogP contribution is -2.30. The number of aliphatic carboxylic acids is 1. The van der Waals surface area contributed by atoms with E-state index in [2.05, 4.69) is 5.32 Å². The monoisotopic (exact) mass is 352 g/mol. The molecule has 0 aliphatic carbocycles. The summed E-state index contributed by atoms with van der Waals surface area (Å²) in [5.41, 5.74) is 0.778. The molecule has 1 heterocycles. The molecule has 0 spiro atoms. The van der Waals surface area contributed by atoms with Crippen LogP contribution in [0, 0.1) is 0 Å². The minimum atomic E-state index is -0.869. The number of carboxylic acids is 1.